The number of hydrogen-bond donors (Lipinski definition) is 3. The van der Waals surface area contributed by atoms with E-state index in [4.69, 9.17) is 0 Å². The van der Waals surface area contributed by atoms with Gasteiger partial charge in [0.15, 0.2) is 5.96 Å². The fourth-order valence-corrected chi connectivity index (χ4v) is 3.87. The molecule has 8 nitrogen and oxygen atoms in total. The molecule has 31 heavy (non-hydrogen) atoms. The highest BCUT2D eigenvalue weighted by Crippen LogP contribution is 2.21. The first-order valence-electron chi connectivity index (χ1n) is 11.0. The maximum atomic E-state index is 12.5. The Kier molecular flexibility index (Phi) is 9.39. The molecule has 0 bridgehead atoms. The van der Waals surface area contributed by atoms with Crippen LogP contribution < -0.4 is 20.9 Å². The van der Waals surface area contributed by atoms with Gasteiger partial charge in [-0.05, 0) is 45.2 Å². The van der Waals surface area contributed by atoms with Crippen LogP contribution >= 0.6 is 24.0 Å². The molecule has 9 heteroatoms. The van der Waals surface area contributed by atoms with Crippen LogP contribution in [0.1, 0.15) is 40.0 Å². The smallest absolute Gasteiger partial charge is 0.325 e. The number of nitrogens with one attached hydrogen (secondary N) is 3. The monoisotopic (exact) mass is 542 g/mol. The van der Waals surface area contributed by atoms with Crippen molar-refractivity contribution in [3.05, 3.63) is 30.3 Å². The zero-order valence-electron chi connectivity index (χ0n) is 18.7. The number of benzene rings is 1. The Morgan fingerprint density at radius 1 is 1.26 bits per heavy atom. The molecule has 3 amide bonds. The van der Waals surface area contributed by atoms with Crippen molar-refractivity contribution in [2.45, 2.75) is 51.6 Å². The lowest BCUT2D eigenvalue weighted by Gasteiger charge is -2.20. The first kappa shape index (κ1) is 25.2. The molecule has 0 aliphatic carbocycles. The number of hydrogen-bond acceptors (Lipinski definition) is 4. The normalized spacial score (nSPS) is 23.6. The molecule has 0 spiro atoms. The summed E-state index contributed by atoms with van der Waals surface area (Å²) in [6.07, 6.45) is 2.27. The van der Waals surface area contributed by atoms with Gasteiger partial charge < -0.3 is 20.9 Å². The molecule has 2 atom stereocenters. The largest absolute Gasteiger partial charge is 0.369 e. The second-order valence-corrected chi connectivity index (χ2v) is 8.10. The second-order valence-electron chi connectivity index (χ2n) is 8.10. The molecule has 172 valence electrons. The summed E-state index contributed by atoms with van der Waals surface area (Å²) in [5, 5.41) is 9.60. The number of carbonyl (C=O) groups is 2. The van der Waals surface area contributed by atoms with Crippen LogP contribution in [0.5, 0.6) is 0 Å². The summed E-state index contributed by atoms with van der Waals surface area (Å²) < 4.78 is 0. The van der Waals surface area contributed by atoms with E-state index in [1.165, 1.54) is 10.6 Å². The summed E-state index contributed by atoms with van der Waals surface area (Å²) >= 11 is 0. The number of nitrogens with zero attached hydrogens (tertiary/aromatic N) is 3. The van der Waals surface area contributed by atoms with Crippen molar-refractivity contribution in [2.75, 3.05) is 37.6 Å². The summed E-state index contributed by atoms with van der Waals surface area (Å²) in [4.78, 5) is 32.9. The van der Waals surface area contributed by atoms with E-state index in [1.54, 1.807) is 6.92 Å². The fourth-order valence-electron chi connectivity index (χ4n) is 3.87. The number of halogens is 1. The quantitative estimate of drug-likeness (QED) is 0.155. The minimum Gasteiger partial charge on any atom is -0.369 e. The van der Waals surface area contributed by atoms with E-state index in [0.717, 1.165) is 32.0 Å². The van der Waals surface area contributed by atoms with Crippen molar-refractivity contribution in [2.24, 2.45) is 4.99 Å². The Balaban J connectivity index is 0.00000341. The third-order valence-electron chi connectivity index (χ3n) is 5.86. The minimum atomic E-state index is -0.774. The number of anilines is 1. The van der Waals surface area contributed by atoms with Crippen LogP contribution in [-0.4, -0.2) is 67.1 Å². The van der Waals surface area contributed by atoms with E-state index in [0.29, 0.717) is 32.0 Å². The Bertz CT molecular complexity index is 775. The molecule has 0 radical (unpaired) electrons. The predicted molar refractivity (Wildman–Crippen MR) is 135 cm³/mol. The summed E-state index contributed by atoms with van der Waals surface area (Å²) in [5.74, 6) is 0.643. The van der Waals surface area contributed by atoms with Gasteiger partial charge in [0.2, 0.25) is 0 Å². The number of para-hydroxylation sites is 1. The van der Waals surface area contributed by atoms with Crippen LogP contribution in [0.25, 0.3) is 0 Å². The molecule has 1 aromatic rings. The molecular weight excluding hydrogens is 507 g/mol. The highest BCUT2D eigenvalue weighted by atomic mass is 127. The SMILES string of the molecule is CCNC(=NCCCN1C(=O)NC(C)(CC)C1=O)NC1CCN(c2ccccc2)C1.I. The third-order valence-corrected chi connectivity index (χ3v) is 5.86. The Labute approximate surface area is 202 Å². The highest BCUT2D eigenvalue weighted by Gasteiger charge is 2.45. The lowest BCUT2D eigenvalue weighted by molar-refractivity contribution is -0.130. The van der Waals surface area contributed by atoms with Crippen LogP contribution in [0.3, 0.4) is 0 Å². The van der Waals surface area contributed by atoms with Crippen LogP contribution in [0.15, 0.2) is 35.3 Å². The van der Waals surface area contributed by atoms with E-state index in [9.17, 15) is 9.59 Å². The number of rotatable bonds is 8. The highest BCUT2D eigenvalue weighted by molar-refractivity contribution is 14.0. The average Bonchev–Trinajstić information content (AvgIpc) is 3.30. The molecule has 2 saturated heterocycles. The van der Waals surface area contributed by atoms with Crippen molar-refractivity contribution in [3.8, 4) is 0 Å². The van der Waals surface area contributed by atoms with Crippen molar-refractivity contribution in [1.29, 1.82) is 0 Å². The summed E-state index contributed by atoms with van der Waals surface area (Å²) in [7, 11) is 0. The van der Waals surface area contributed by atoms with Crippen molar-refractivity contribution < 1.29 is 9.59 Å². The van der Waals surface area contributed by atoms with Crippen molar-refractivity contribution in [1.82, 2.24) is 20.9 Å². The van der Waals surface area contributed by atoms with E-state index in [1.807, 2.05) is 19.9 Å². The number of carbonyl (C=O) groups excluding carboxylic acids is 2. The summed E-state index contributed by atoms with van der Waals surface area (Å²) in [6, 6.07) is 10.5. The maximum absolute atomic E-state index is 12.5. The first-order chi connectivity index (χ1) is 14.5. The number of guanidine groups is 1. The van der Waals surface area contributed by atoms with Gasteiger partial charge in [-0.25, -0.2) is 4.79 Å². The lowest BCUT2D eigenvalue weighted by atomic mass is 9.99. The standard InChI is InChI=1S/C22H34N6O2.HI/c1-4-22(3)19(29)28(21(30)26-22)14-9-13-24-20(23-5-2)25-17-12-15-27(16-17)18-10-7-6-8-11-18;/h6-8,10-11,17H,4-5,9,12-16H2,1-3H3,(H,26,30)(H2,23,24,25);1H. The zero-order valence-corrected chi connectivity index (χ0v) is 21.0. The van der Waals surface area contributed by atoms with Gasteiger partial charge in [-0.2, -0.15) is 0 Å². The lowest BCUT2D eigenvalue weighted by Crippen LogP contribution is -2.44. The molecule has 3 N–H and O–H groups in total. The number of aliphatic imine (C=N–C) groups is 1. The molecular formula is C22H35IN6O2. The molecule has 2 aliphatic heterocycles. The molecule has 2 fully saturated rings. The molecule has 1 aromatic carbocycles. The van der Waals surface area contributed by atoms with Crippen molar-refractivity contribution >= 4 is 47.6 Å². The van der Waals surface area contributed by atoms with Crippen LogP contribution in [0, 0.1) is 0 Å². The second kappa shape index (κ2) is 11.5. The van der Waals surface area contributed by atoms with E-state index in [2.05, 4.69) is 50.1 Å². The van der Waals surface area contributed by atoms with Gasteiger partial charge in [0.25, 0.3) is 5.91 Å². The molecule has 0 saturated carbocycles. The maximum Gasteiger partial charge on any atom is 0.325 e. The van der Waals surface area contributed by atoms with Gasteiger partial charge in [0.05, 0.1) is 0 Å². The topological polar surface area (TPSA) is 89.1 Å². The Morgan fingerprint density at radius 2 is 2.00 bits per heavy atom. The van der Waals surface area contributed by atoms with Gasteiger partial charge >= 0.3 is 6.03 Å². The summed E-state index contributed by atoms with van der Waals surface area (Å²) in [5.41, 5.74) is 0.473. The molecule has 0 aromatic heterocycles. The summed E-state index contributed by atoms with van der Waals surface area (Å²) in [6.45, 7) is 9.39. The van der Waals surface area contributed by atoms with Gasteiger partial charge in [-0.3, -0.25) is 14.7 Å². The molecule has 2 aliphatic rings. The predicted octanol–water partition coefficient (Wildman–Crippen LogP) is 2.55. The van der Waals surface area contributed by atoms with E-state index < -0.39 is 5.54 Å². The minimum absolute atomic E-state index is 0. The number of amides is 3. The number of urea groups is 1. The molecule has 3 rings (SSSR count). The molecule has 2 unspecified atom stereocenters. The van der Waals surface area contributed by atoms with Gasteiger partial charge in [-0.1, -0.05) is 25.1 Å². The molecule has 2 heterocycles. The first-order valence-corrected chi connectivity index (χ1v) is 11.0. The fraction of sp³-hybridized carbons (Fsp3) is 0.591. The van der Waals surface area contributed by atoms with Crippen LogP contribution in [-0.2, 0) is 4.79 Å². The van der Waals surface area contributed by atoms with Crippen LogP contribution in [0.2, 0.25) is 0 Å². The van der Waals surface area contributed by atoms with E-state index in [-0.39, 0.29) is 35.9 Å². The third kappa shape index (κ3) is 6.24. The van der Waals surface area contributed by atoms with Crippen LogP contribution in [0.4, 0.5) is 10.5 Å². The van der Waals surface area contributed by atoms with Gasteiger partial charge in [-0.15, -0.1) is 24.0 Å². The zero-order chi connectivity index (χ0) is 21.6. The van der Waals surface area contributed by atoms with E-state index >= 15 is 0 Å². The Morgan fingerprint density at radius 3 is 2.65 bits per heavy atom. The van der Waals surface area contributed by atoms with Crippen molar-refractivity contribution in [3.63, 3.8) is 0 Å². The average molecular weight is 542 g/mol. The van der Waals surface area contributed by atoms with Gasteiger partial charge in [0, 0.05) is 44.5 Å². The Hall–Kier alpha value is -2.04. The number of imide groups is 1. The van der Waals surface area contributed by atoms with Gasteiger partial charge in [0.1, 0.15) is 5.54 Å².